The van der Waals surface area contributed by atoms with Gasteiger partial charge < -0.3 is 28.8 Å². The van der Waals surface area contributed by atoms with Crippen LogP contribution in [0.4, 0.5) is 0 Å². The number of cyclic esters (lactones) is 1. The van der Waals surface area contributed by atoms with Gasteiger partial charge in [-0.2, -0.15) is 0 Å². The van der Waals surface area contributed by atoms with Gasteiger partial charge in [0.25, 0.3) is 0 Å². The highest BCUT2D eigenvalue weighted by atomic mass is 16.7. The van der Waals surface area contributed by atoms with Gasteiger partial charge >= 0.3 is 11.9 Å². The van der Waals surface area contributed by atoms with E-state index in [1.54, 1.807) is 12.3 Å². The summed E-state index contributed by atoms with van der Waals surface area (Å²) in [5.74, 6) is -2.42. The van der Waals surface area contributed by atoms with Crippen LogP contribution < -0.4 is 0 Å². The maximum atomic E-state index is 14.2. The number of hydrogen-bond donors (Lipinski definition) is 2. The molecule has 2 unspecified atom stereocenters. The van der Waals surface area contributed by atoms with E-state index < -0.39 is 70.0 Å². The minimum absolute atomic E-state index is 0.0294. The predicted octanol–water partition coefficient (Wildman–Crippen LogP) is 2.66. The number of carboxylic acids is 1. The van der Waals surface area contributed by atoms with Crippen molar-refractivity contribution in [2.24, 2.45) is 28.1 Å². The first-order chi connectivity index (χ1) is 16.4. The number of epoxide rings is 1. The molecule has 0 amide bonds. The zero-order chi connectivity index (χ0) is 25.2. The quantitative estimate of drug-likeness (QED) is 0.484. The first-order valence-corrected chi connectivity index (χ1v) is 12.3. The van der Waals surface area contributed by atoms with Gasteiger partial charge in [-0.25, -0.2) is 4.79 Å². The van der Waals surface area contributed by atoms with Crippen LogP contribution in [0.2, 0.25) is 0 Å². The molecule has 1 spiro atoms. The summed E-state index contributed by atoms with van der Waals surface area (Å²) in [6.45, 7) is 7.82. The largest absolute Gasteiger partial charge is 0.481 e. The van der Waals surface area contributed by atoms with Crippen LogP contribution in [0.15, 0.2) is 23.0 Å². The van der Waals surface area contributed by atoms with Crippen LogP contribution in [0.25, 0.3) is 0 Å². The number of hydrogen-bond acceptors (Lipinski definition) is 8. The lowest BCUT2D eigenvalue weighted by molar-refractivity contribution is -0.221. The average molecular weight is 489 g/mol. The Bertz CT molecular complexity index is 1110. The van der Waals surface area contributed by atoms with Gasteiger partial charge in [-0.3, -0.25) is 9.59 Å². The van der Waals surface area contributed by atoms with Gasteiger partial charge in [-0.05, 0) is 45.6 Å². The van der Waals surface area contributed by atoms with Crippen molar-refractivity contribution in [3.05, 3.63) is 24.2 Å². The Morgan fingerprint density at radius 3 is 2.57 bits per heavy atom. The molecule has 2 N–H and O–H groups in total. The third-order valence-electron chi connectivity index (χ3n) is 10.5. The monoisotopic (exact) mass is 488 g/mol. The molecule has 0 bridgehead atoms. The fraction of sp³-hybridized carbons (Fsp3) is 0.731. The normalized spacial score (nSPS) is 48.1. The lowest BCUT2D eigenvalue weighted by atomic mass is 9.37. The first kappa shape index (κ1) is 23.2. The number of ether oxygens (including phenoxy) is 3. The van der Waals surface area contributed by atoms with Gasteiger partial charge in [0.2, 0.25) is 0 Å². The molecule has 9 heteroatoms. The van der Waals surface area contributed by atoms with E-state index in [0.717, 1.165) is 0 Å². The summed E-state index contributed by atoms with van der Waals surface area (Å²) in [7, 11) is 0. The average Bonchev–Trinajstić information content (AvgIpc) is 3.23. The Hall–Kier alpha value is -2.23. The van der Waals surface area contributed by atoms with Gasteiger partial charge in [0.05, 0.1) is 42.7 Å². The van der Waals surface area contributed by atoms with E-state index in [1.807, 2.05) is 27.7 Å². The van der Waals surface area contributed by atoms with Gasteiger partial charge in [0.1, 0.15) is 17.5 Å². The highest BCUT2D eigenvalue weighted by Gasteiger charge is 2.89. The molecule has 1 aromatic rings. The maximum Gasteiger partial charge on any atom is 0.339 e. The fourth-order valence-electron chi connectivity index (χ4n) is 8.92. The van der Waals surface area contributed by atoms with E-state index in [1.165, 1.54) is 6.26 Å². The molecule has 6 rings (SSSR count). The number of ketones is 1. The fourth-order valence-corrected chi connectivity index (χ4v) is 8.92. The smallest absolute Gasteiger partial charge is 0.339 e. The Morgan fingerprint density at radius 2 is 1.91 bits per heavy atom. The Morgan fingerprint density at radius 1 is 1.17 bits per heavy atom. The molecule has 3 saturated heterocycles. The van der Waals surface area contributed by atoms with E-state index >= 15 is 0 Å². The van der Waals surface area contributed by atoms with Crippen LogP contribution >= 0.6 is 0 Å². The lowest BCUT2D eigenvalue weighted by Gasteiger charge is -2.64. The van der Waals surface area contributed by atoms with Gasteiger partial charge in [-0.1, -0.05) is 6.92 Å². The summed E-state index contributed by atoms with van der Waals surface area (Å²) < 4.78 is 23.6. The number of carboxylic acid groups (broad SMARTS) is 1. The second-order valence-corrected chi connectivity index (χ2v) is 12.1. The number of aliphatic hydroxyl groups is 1. The molecule has 9 atom stereocenters. The van der Waals surface area contributed by atoms with Crippen LogP contribution in [0.3, 0.4) is 0 Å². The van der Waals surface area contributed by atoms with Crippen molar-refractivity contribution >= 4 is 17.7 Å². The number of carbonyl (C=O) groups excluding carboxylic acids is 2. The van der Waals surface area contributed by atoms with E-state index in [9.17, 15) is 24.6 Å². The van der Waals surface area contributed by atoms with Crippen LogP contribution in [-0.4, -0.2) is 58.0 Å². The number of carbonyl (C=O) groups is 3. The Kier molecular flexibility index (Phi) is 4.47. The van der Waals surface area contributed by atoms with E-state index in [4.69, 9.17) is 18.6 Å². The van der Waals surface area contributed by atoms with Crippen LogP contribution in [0, 0.1) is 28.1 Å². The third-order valence-corrected chi connectivity index (χ3v) is 10.5. The lowest BCUT2D eigenvalue weighted by Crippen LogP contribution is -2.72. The molecule has 2 aliphatic carbocycles. The van der Waals surface area contributed by atoms with Crippen molar-refractivity contribution in [3.8, 4) is 0 Å². The Balaban J connectivity index is 1.52. The second kappa shape index (κ2) is 6.75. The van der Waals surface area contributed by atoms with Crippen LogP contribution in [-0.2, 0) is 28.6 Å². The van der Waals surface area contributed by atoms with Crippen LogP contribution in [0.1, 0.15) is 65.0 Å². The van der Waals surface area contributed by atoms with Crippen molar-refractivity contribution in [2.45, 2.75) is 82.9 Å². The molecule has 2 saturated carbocycles. The number of rotatable bonds is 4. The minimum atomic E-state index is -1.21. The summed E-state index contributed by atoms with van der Waals surface area (Å²) in [5.41, 5.74) is -3.91. The van der Waals surface area contributed by atoms with E-state index in [-0.39, 0.29) is 24.7 Å². The zero-order valence-electron chi connectivity index (χ0n) is 20.4. The molecule has 190 valence electrons. The molecule has 1 aromatic heterocycles. The molecular formula is C26H32O9. The third kappa shape index (κ3) is 2.47. The number of fused-ring (bicyclic) bond motifs is 3. The number of esters is 1. The predicted molar refractivity (Wildman–Crippen MR) is 118 cm³/mol. The first-order valence-electron chi connectivity index (χ1n) is 12.3. The molecule has 5 fully saturated rings. The second-order valence-electron chi connectivity index (χ2n) is 12.1. The number of furan rings is 1. The van der Waals surface area contributed by atoms with E-state index in [2.05, 4.69) is 0 Å². The van der Waals surface area contributed by atoms with Crippen molar-refractivity contribution in [2.75, 3.05) is 6.61 Å². The molecule has 5 aliphatic rings. The minimum Gasteiger partial charge on any atom is -0.481 e. The SMILES string of the molecule is CC1(C)OCC2(C(O)CC(=O)O)[C@H]3CC[C@@]4(C)[C@H](c5ccoc5)OC(=O)[C@H]5O[C@]54[C@]3(C)C(=O)C[C@@H]12. The summed E-state index contributed by atoms with van der Waals surface area (Å²) in [6.07, 6.45) is 1.13. The molecule has 0 aromatic carbocycles. The summed E-state index contributed by atoms with van der Waals surface area (Å²) in [4.78, 5) is 39.0. The standard InChI is InChI=1S/C26H32O9/c1-22(2)15-9-16(27)24(4)14(25(15,12-33-22)17(28)10-18(29)30)5-7-23(3)19(13-6-8-32-11-13)34-21(31)20-26(23,24)35-20/h6,8,11,14-15,17,19-20,28H,5,7,9-10,12H2,1-4H3,(H,29,30)/t14-,15-,17?,19-,20+,23-,24-,25?,26+/m0/s1. The van der Waals surface area contributed by atoms with E-state index in [0.29, 0.717) is 18.4 Å². The summed E-state index contributed by atoms with van der Waals surface area (Å²) in [6, 6.07) is 1.76. The van der Waals surface area contributed by atoms with Crippen molar-refractivity contribution < 1.29 is 43.2 Å². The molecule has 0 radical (unpaired) electrons. The van der Waals surface area contributed by atoms with Crippen molar-refractivity contribution in [3.63, 3.8) is 0 Å². The molecule has 9 nitrogen and oxygen atoms in total. The molecular weight excluding hydrogens is 456 g/mol. The maximum absolute atomic E-state index is 14.2. The number of Topliss-reactive ketones (excluding diaryl/α,β-unsaturated/α-hetero) is 1. The summed E-state index contributed by atoms with van der Waals surface area (Å²) in [5, 5.41) is 21.0. The molecule has 3 aliphatic heterocycles. The molecule has 35 heavy (non-hydrogen) atoms. The molecule has 4 heterocycles. The van der Waals surface area contributed by atoms with Crippen LogP contribution in [0.5, 0.6) is 0 Å². The Labute approximate surface area is 203 Å². The van der Waals surface area contributed by atoms with Crippen molar-refractivity contribution in [1.82, 2.24) is 0 Å². The zero-order valence-corrected chi connectivity index (χ0v) is 20.4. The highest BCUT2D eigenvalue weighted by molar-refractivity contribution is 5.93. The van der Waals surface area contributed by atoms with Gasteiger partial charge in [-0.15, -0.1) is 0 Å². The van der Waals surface area contributed by atoms with Gasteiger partial charge in [0.15, 0.2) is 6.10 Å². The van der Waals surface area contributed by atoms with Crippen molar-refractivity contribution in [1.29, 1.82) is 0 Å². The number of aliphatic carboxylic acids is 1. The highest BCUT2D eigenvalue weighted by Crippen LogP contribution is 2.79. The number of aliphatic hydroxyl groups excluding tert-OH is 1. The van der Waals surface area contributed by atoms with Gasteiger partial charge in [0, 0.05) is 28.7 Å². The summed E-state index contributed by atoms with van der Waals surface area (Å²) >= 11 is 0. The topological polar surface area (TPSA) is 136 Å².